The number of carbonyl (C=O) groups is 1. The molecule has 0 aromatic carbocycles. The summed E-state index contributed by atoms with van der Waals surface area (Å²) in [6.07, 6.45) is 3.20. The van der Waals surface area contributed by atoms with Crippen molar-refractivity contribution in [1.82, 2.24) is 0 Å². The summed E-state index contributed by atoms with van der Waals surface area (Å²) in [6, 6.07) is 1.72. The molecular formula is C7H10N2O. The van der Waals surface area contributed by atoms with E-state index in [2.05, 4.69) is 0 Å². The van der Waals surface area contributed by atoms with Crippen molar-refractivity contribution in [1.29, 1.82) is 5.26 Å². The lowest BCUT2D eigenvalue weighted by Gasteiger charge is -1.88. The van der Waals surface area contributed by atoms with Crippen LogP contribution in [0, 0.1) is 11.3 Å². The molecule has 0 aliphatic carbocycles. The molecule has 3 heteroatoms. The number of primary amides is 1. The van der Waals surface area contributed by atoms with E-state index in [-0.39, 0.29) is 5.57 Å². The maximum atomic E-state index is 10.4. The summed E-state index contributed by atoms with van der Waals surface area (Å²) in [5.41, 5.74) is 4.92. The summed E-state index contributed by atoms with van der Waals surface area (Å²) in [7, 11) is 0. The smallest absolute Gasteiger partial charge is 0.259 e. The number of rotatable bonds is 3. The molecule has 3 nitrogen and oxygen atoms in total. The van der Waals surface area contributed by atoms with Crippen LogP contribution >= 0.6 is 0 Å². The van der Waals surface area contributed by atoms with Crippen LogP contribution in [-0.2, 0) is 4.79 Å². The molecule has 0 atom stereocenters. The van der Waals surface area contributed by atoms with Gasteiger partial charge in [0.2, 0.25) is 0 Å². The van der Waals surface area contributed by atoms with Crippen LogP contribution in [0.3, 0.4) is 0 Å². The molecule has 2 N–H and O–H groups in total. The Bertz CT molecular complexity index is 188. The summed E-state index contributed by atoms with van der Waals surface area (Å²) in [5.74, 6) is -0.643. The molecule has 0 fully saturated rings. The third-order valence-electron chi connectivity index (χ3n) is 1.02. The number of hydrogen-bond acceptors (Lipinski definition) is 2. The molecule has 0 aliphatic heterocycles. The number of allylic oxidation sites excluding steroid dienone is 1. The highest BCUT2D eigenvalue weighted by atomic mass is 16.1. The van der Waals surface area contributed by atoms with Gasteiger partial charge in [-0.05, 0) is 6.42 Å². The zero-order valence-electron chi connectivity index (χ0n) is 5.92. The summed E-state index contributed by atoms with van der Waals surface area (Å²) < 4.78 is 0. The minimum Gasteiger partial charge on any atom is -0.365 e. The highest BCUT2D eigenvalue weighted by molar-refractivity contribution is 5.95. The van der Waals surface area contributed by atoms with Crippen molar-refractivity contribution in [2.75, 3.05) is 0 Å². The number of nitriles is 1. The van der Waals surface area contributed by atoms with E-state index in [1.165, 1.54) is 0 Å². The Labute approximate surface area is 60.1 Å². The first kappa shape index (κ1) is 8.70. The van der Waals surface area contributed by atoms with E-state index in [4.69, 9.17) is 11.0 Å². The van der Waals surface area contributed by atoms with Crippen LogP contribution in [0.1, 0.15) is 19.8 Å². The van der Waals surface area contributed by atoms with Crippen LogP contribution in [0.15, 0.2) is 11.6 Å². The van der Waals surface area contributed by atoms with Crippen molar-refractivity contribution < 1.29 is 4.79 Å². The maximum absolute atomic E-state index is 10.4. The second-order valence-electron chi connectivity index (χ2n) is 1.88. The summed E-state index contributed by atoms with van der Waals surface area (Å²) in [5, 5.41) is 8.30. The van der Waals surface area contributed by atoms with Gasteiger partial charge in [0.1, 0.15) is 11.6 Å². The van der Waals surface area contributed by atoms with E-state index >= 15 is 0 Å². The molecule has 0 rings (SSSR count). The van der Waals surface area contributed by atoms with Crippen molar-refractivity contribution in [2.24, 2.45) is 5.73 Å². The second-order valence-corrected chi connectivity index (χ2v) is 1.88. The number of hydrogen-bond donors (Lipinski definition) is 1. The van der Waals surface area contributed by atoms with Gasteiger partial charge in [-0.25, -0.2) is 0 Å². The molecule has 0 aromatic heterocycles. The van der Waals surface area contributed by atoms with Gasteiger partial charge >= 0.3 is 0 Å². The molecule has 0 unspecified atom stereocenters. The van der Waals surface area contributed by atoms with E-state index in [0.717, 1.165) is 12.8 Å². The largest absolute Gasteiger partial charge is 0.365 e. The third-order valence-corrected chi connectivity index (χ3v) is 1.02. The molecule has 1 amide bonds. The molecule has 0 heterocycles. The lowest BCUT2D eigenvalue weighted by atomic mass is 10.2. The minimum absolute atomic E-state index is 0.0573. The van der Waals surface area contributed by atoms with Crippen molar-refractivity contribution in [2.45, 2.75) is 19.8 Å². The van der Waals surface area contributed by atoms with Crippen molar-refractivity contribution in [3.05, 3.63) is 11.6 Å². The van der Waals surface area contributed by atoms with Crippen LogP contribution in [0.2, 0.25) is 0 Å². The van der Waals surface area contributed by atoms with Crippen molar-refractivity contribution >= 4 is 5.91 Å². The topological polar surface area (TPSA) is 66.9 Å². The van der Waals surface area contributed by atoms with E-state index in [1.807, 2.05) is 6.92 Å². The average Bonchev–Trinajstić information content (AvgIpc) is 1.89. The maximum Gasteiger partial charge on any atom is 0.259 e. The van der Waals surface area contributed by atoms with E-state index in [0.29, 0.717) is 0 Å². The SMILES string of the molecule is CCC/C=C(/C#N)C(N)=O. The molecule has 10 heavy (non-hydrogen) atoms. The molecule has 0 aliphatic rings. The highest BCUT2D eigenvalue weighted by Crippen LogP contribution is 1.95. The van der Waals surface area contributed by atoms with Crippen molar-refractivity contribution in [3.63, 3.8) is 0 Å². The predicted octanol–water partition coefficient (Wildman–Crippen LogP) is 0.722. The van der Waals surface area contributed by atoms with Crippen LogP contribution in [0.4, 0.5) is 0 Å². The molecule has 0 saturated heterocycles. The molecule has 0 saturated carbocycles. The Morgan fingerprint density at radius 3 is 2.70 bits per heavy atom. The van der Waals surface area contributed by atoms with Crippen LogP contribution in [-0.4, -0.2) is 5.91 Å². The summed E-state index contributed by atoms with van der Waals surface area (Å²) >= 11 is 0. The number of nitrogens with zero attached hydrogens (tertiary/aromatic N) is 1. The average molecular weight is 138 g/mol. The quantitative estimate of drug-likeness (QED) is 0.461. The second kappa shape index (κ2) is 4.57. The zero-order chi connectivity index (χ0) is 7.98. The number of nitrogens with two attached hydrogens (primary N) is 1. The minimum atomic E-state index is -0.643. The van der Waals surface area contributed by atoms with Crippen LogP contribution in [0.25, 0.3) is 0 Å². The monoisotopic (exact) mass is 138 g/mol. The van der Waals surface area contributed by atoms with E-state index < -0.39 is 5.91 Å². The first-order chi connectivity index (χ1) is 4.72. The van der Waals surface area contributed by atoms with Gasteiger partial charge in [-0.15, -0.1) is 0 Å². The van der Waals surface area contributed by atoms with E-state index in [1.54, 1.807) is 12.1 Å². The van der Waals surface area contributed by atoms with Crippen LogP contribution < -0.4 is 5.73 Å². The number of amides is 1. The van der Waals surface area contributed by atoms with Gasteiger partial charge in [-0.3, -0.25) is 4.79 Å². The highest BCUT2D eigenvalue weighted by Gasteiger charge is 1.99. The van der Waals surface area contributed by atoms with Gasteiger partial charge in [0, 0.05) is 0 Å². The summed E-state index contributed by atoms with van der Waals surface area (Å²) in [6.45, 7) is 1.96. The van der Waals surface area contributed by atoms with Gasteiger partial charge in [0.05, 0.1) is 0 Å². The van der Waals surface area contributed by atoms with Gasteiger partial charge < -0.3 is 5.73 Å². The number of carbonyl (C=O) groups excluding carboxylic acids is 1. The van der Waals surface area contributed by atoms with Crippen LogP contribution in [0.5, 0.6) is 0 Å². The standard InChI is InChI=1S/C7H10N2O/c1-2-3-4-6(5-8)7(9)10/h4H,2-3H2,1H3,(H2,9,10)/b6-4-. The fourth-order valence-corrected chi connectivity index (χ4v) is 0.490. The lowest BCUT2D eigenvalue weighted by Crippen LogP contribution is -2.12. The first-order valence-electron chi connectivity index (χ1n) is 3.12. The zero-order valence-corrected chi connectivity index (χ0v) is 5.92. The Hall–Kier alpha value is -1.30. The Morgan fingerprint density at radius 1 is 1.80 bits per heavy atom. The fraction of sp³-hybridized carbons (Fsp3) is 0.429. The Kier molecular flexibility index (Phi) is 3.97. The fourth-order valence-electron chi connectivity index (χ4n) is 0.490. The Morgan fingerprint density at radius 2 is 2.40 bits per heavy atom. The van der Waals surface area contributed by atoms with Gasteiger partial charge in [0.15, 0.2) is 0 Å². The van der Waals surface area contributed by atoms with E-state index in [9.17, 15) is 4.79 Å². The molecule has 0 radical (unpaired) electrons. The molecule has 0 aromatic rings. The summed E-state index contributed by atoms with van der Waals surface area (Å²) in [4.78, 5) is 10.4. The third kappa shape index (κ3) is 2.88. The lowest BCUT2D eigenvalue weighted by molar-refractivity contribution is -0.114. The van der Waals surface area contributed by atoms with Gasteiger partial charge in [0.25, 0.3) is 5.91 Å². The molecule has 0 spiro atoms. The van der Waals surface area contributed by atoms with Gasteiger partial charge in [-0.2, -0.15) is 5.26 Å². The molecule has 0 bridgehead atoms. The predicted molar refractivity (Wildman–Crippen MR) is 37.8 cm³/mol. The molecule has 54 valence electrons. The first-order valence-corrected chi connectivity index (χ1v) is 3.12. The molecular weight excluding hydrogens is 128 g/mol. The number of unbranched alkanes of at least 4 members (excludes halogenated alkanes) is 1. The Balaban J connectivity index is 4.09. The van der Waals surface area contributed by atoms with Gasteiger partial charge in [-0.1, -0.05) is 19.4 Å². The normalized spacial score (nSPS) is 10.6. The van der Waals surface area contributed by atoms with Crippen molar-refractivity contribution in [3.8, 4) is 6.07 Å².